The predicted octanol–water partition coefficient (Wildman–Crippen LogP) is 4.63. The number of aryl methyl sites for hydroxylation is 4. The Morgan fingerprint density at radius 3 is 2.56 bits per heavy atom. The highest BCUT2D eigenvalue weighted by molar-refractivity contribution is 7.99. The number of aromatic amines is 1. The van der Waals surface area contributed by atoms with E-state index in [1.165, 1.54) is 17.3 Å². The lowest BCUT2D eigenvalue weighted by Gasteiger charge is -2.10. The number of aromatic nitrogens is 1. The SMILES string of the molecule is Cc1ccc(NC(=O)CSCc2cc(=O)c3ccc(C)c(C)c3[nH]2)c(C)c1. The average Bonchev–Trinajstić information content (AvgIpc) is 2.61. The van der Waals surface area contributed by atoms with Gasteiger partial charge in [0.25, 0.3) is 0 Å². The van der Waals surface area contributed by atoms with Crippen LogP contribution >= 0.6 is 11.8 Å². The van der Waals surface area contributed by atoms with E-state index in [1.54, 1.807) is 6.07 Å². The van der Waals surface area contributed by atoms with Gasteiger partial charge in [-0.3, -0.25) is 9.59 Å². The molecule has 1 amide bonds. The quantitative estimate of drug-likeness (QED) is 0.678. The van der Waals surface area contributed by atoms with Crippen molar-refractivity contribution in [2.24, 2.45) is 0 Å². The smallest absolute Gasteiger partial charge is 0.234 e. The first kappa shape index (κ1) is 19.2. The molecule has 3 rings (SSSR count). The minimum atomic E-state index is -0.0397. The lowest BCUT2D eigenvalue weighted by Crippen LogP contribution is -2.15. The van der Waals surface area contributed by atoms with Gasteiger partial charge >= 0.3 is 0 Å². The van der Waals surface area contributed by atoms with Crippen molar-refractivity contribution in [3.05, 3.63) is 74.6 Å². The molecule has 0 unspecified atom stereocenters. The summed E-state index contributed by atoms with van der Waals surface area (Å²) in [5.74, 6) is 0.876. The molecule has 27 heavy (non-hydrogen) atoms. The fourth-order valence-corrected chi connectivity index (χ4v) is 3.82. The van der Waals surface area contributed by atoms with E-state index < -0.39 is 0 Å². The van der Waals surface area contributed by atoms with Gasteiger partial charge in [0.05, 0.1) is 11.3 Å². The number of thioether (sulfide) groups is 1. The molecule has 2 aromatic carbocycles. The normalized spacial score (nSPS) is 11.0. The molecule has 2 N–H and O–H groups in total. The fourth-order valence-electron chi connectivity index (χ4n) is 3.09. The van der Waals surface area contributed by atoms with Gasteiger partial charge in [-0.15, -0.1) is 11.8 Å². The standard InChI is InChI=1S/C22H24N2O2S/c1-13-5-8-19(15(3)9-13)24-21(26)12-27-11-17-10-20(25)18-7-6-14(2)16(4)22(18)23-17/h5-10H,11-12H2,1-4H3,(H,23,25)(H,24,26). The second kappa shape index (κ2) is 8.01. The van der Waals surface area contributed by atoms with E-state index >= 15 is 0 Å². The van der Waals surface area contributed by atoms with Crippen molar-refractivity contribution in [3.63, 3.8) is 0 Å². The summed E-state index contributed by atoms with van der Waals surface area (Å²) in [4.78, 5) is 27.9. The van der Waals surface area contributed by atoms with Crippen molar-refractivity contribution >= 4 is 34.3 Å². The zero-order chi connectivity index (χ0) is 19.6. The first-order valence-electron chi connectivity index (χ1n) is 8.92. The van der Waals surface area contributed by atoms with Crippen molar-refractivity contribution < 1.29 is 4.79 Å². The van der Waals surface area contributed by atoms with E-state index in [4.69, 9.17) is 0 Å². The number of anilines is 1. The minimum Gasteiger partial charge on any atom is -0.357 e. The van der Waals surface area contributed by atoms with Crippen LogP contribution in [0.1, 0.15) is 27.9 Å². The molecule has 0 aliphatic rings. The molecule has 0 fully saturated rings. The number of fused-ring (bicyclic) bond motifs is 1. The number of pyridine rings is 1. The van der Waals surface area contributed by atoms with Crippen LogP contribution in [0.3, 0.4) is 0 Å². The monoisotopic (exact) mass is 380 g/mol. The summed E-state index contributed by atoms with van der Waals surface area (Å²) in [5.41, 5.74) is 7.05. The third-order valence-electron chi connectivity index (χ3n) is 4.74. The first-order chi connectivity index (χ1) is 12.8. The van der Waals surface area contributed by atoms with Gasteiger partial charge < -0.3 is 10.3 Å². The molecule has 1 aromatic heterocycles. The van der Waals surface area contributed by atoms with Gasteiger partial charge in [0, 0.05) is 28.6 Å². The zero-order valence-electron chi connectivity index (χ0n) is 16.1. The van der Waals surface area contributed by atoms with Crippen LogP contribution in [-0.4, -0.2) is 16.6 Å². The highest BCUT2D eigenvalue weighted by atomic mass is 32.2. The Hall–Kier alpha value is -2.53. The molecule has 0 aliphatic heterocycles. The molecule has 4 nitrogen and oxygen atoms in total. The third-order valence-corrected chi connectivity index (χ3v) is 5.72. The van der Waals surface area contributed by atoms with Gasteiger partial charge in [-0.05, 0) is 56.5 Å². The van der Waals surface area contributed by atoms with Gasteiger partial charge in [-0.2, -0.15) is 0 Å². The van der Waals surface area contributed by atoms with Crippen LogP contribution in [0.15, 0.2) is 41.2 Å². The van der Waals surface area contributed by atoms with Crippen LogP contribution < -0.4 is 10.7 Å². The number of benzene rings is 2. The summed E-state index contributed by atoms with van der Waals surface area (Å²) < 4.78 is 0. The van der Waals surface area contributed by atoms with Gasteiger partial charge in [-0.1, -0.05) is 23.8 Å². The number of nitrogens with one attached hydrogen (secondary N) is 2. The molecule has 140 valence electrons. The van der Waals surface area contributed by atoms with E-state index in [9.17, 15) is 9.59 Å². The summed E-state index contributed by atoms with van der Waals surface area (Å²) in [6.45, 7) is 8.07. The first-order valence-corrected chi connectivity index (χ1v) is 10.1. The van der Waals surface area contributed by atoms with E-state index in [-0.39, 0.29) is 11.3 Å². The van der Waals surface area contributed by atoms with Crippen LogP contribution in [-0.2, 0) is 10.5 Å². The molecule has 0 bridgehead atoms. The van der Waals surface area contributed by atoms with E-state index in [1.807, 2.05) is 58.0 Å². The van der Waals surface area contributed by atoms with Gasteiger partial charge in [0.1, 0.15) is 0 Å². The number of rotatable bonds is 5. The molecular weight excluding hydrogens is 356 g/mol. The predicted molar refractivity (Wildman–Crippen MR) is 115 cm³/mol. The van der Waals surface area contributed by atoms with Gasteiger partial charge in [0.15, 0.2) is 5.43 Å². The second-order valence-electron chi connectivity index (χ2n) is 6.95. The van der Waals surface area contributed by atoms with E-state index in [0.29, 0.717) is 16.9 Å². The number of hydrogen-bond donors (Lipinski definition) is 2. The molecule has 0 atom stereocenters. The maximum absolute atomic E-state index is 12.4. The summed E-state index contributed by atoms with van der Waals surface area (Å²) in [6.07, 6.45) is 0. The van der Waals surface area contributed by atoms with Crippen LogP contribution in [0.4, 0.5) is 5.69 Å². The topological polar surface area (TPSA) is 62.0 Å². The maximum Gasteiger partial charge on any atom is 0.234 e. The zero-order valence-corrected chi connectivity index (χ0v) is 16.9. The molecule has 3 aromatic rings. The molecule has 0 saturated heterocycles. The molecule has 5 heteroatoms. The molecule has 0 spiro atoms. The third kappa shape index (κ3) is 4.42. The van der Waals surface area contributed by atoms with Crippen LogP contribution in [0.2, 0.25) is 0 Å². The van der Waals surface area contributed by atoms with Crippen molar-refractivity contribution in [1.29, 1.82) is 0 Å². The molecule has 0 saturated carbocycles. The van der Waals surface area contributed by atoms with Crippen LogP contribution in [0, 0.1) is 27.7 Å². The maximum atomic E-state index is 12.4. The molecule has 0 aliphatic carbocycles. The number of carbonyl (C=O) groups excluding carboxylic acids is 1. The molecule has 1 heterocycles. The Morgan fingerprint density at radius 2 is 1.81 bits per heavy atom. The van der Waals surface area contributed by atoms with Crippen molar-refractivity contribution in [2.75, 3.05) is 11.1 Å². The number of carbonyl (C=O) groups is 1. The van der Waals surface area contributed by atoms with Crippen molar-refractivity contribution in [3.8, 4) is 0 Å². The number of amides is 1. The number of H-pyrrole nitrogens is 1. The lowest BCUT2D eigenvalue weighted by atomic mass is 10.0. The van der Waals surface area contributed by atoms with Crippen LogP contribution in [0.5, 0.6) is 0 Å². The summed E-state index contributed by atoms with van der Waals surface area (Å²) >= 11 is 1.49. The Bertz CT molecular complexity index is 1070. The largest absolute Gasteiger partial charge is 0.357 e. The summed E-state index contributed by atoms with van der Waals surface area (Å²) in [7, 11) is 0. The van der Waals surface area contributed by atoms with Crippen molar-refractivity contribution in [1.82, 2.24) is 4.98 Å². The second-order valence-corrected chi connectivity index (χ2v) is 7.93. The lowest BCUT2D eigenvalue weighted by molar-refractivity contribution is -0.113. The molecular formula is C22H24N2O2S. The Balaban J connectivity index is 1.65. The summed E-state index contributed by atoms with van der Waals surface area (Å²) in [6, 6.07) is 11.4. The van der Waals surface area contributed by atoms with Gasteiger partial charge in [-0.25, -0.2) is 0 Å². The highest BCUT2D eigenvalue weighted by Gasteiger charge is 2.09. The Labute approximate surface area is 163 Å². The Morgan fingerprint density at radius 1 is 1.04 bits per heavy atom. The van der Waals surface area contributed by atoms with Gasteiger partial charge in [0.2, 0.25) is 5.91 Å². The minimum absolute atomic E-state index is 0.0159. The molecule has 0 radical (unpaired) electrons. The average molecular weight is 381 g/mol. The fraction of sp³-hybridized carbons (Fsp3) is 0.273. The highest BCUT2D eigenvalue weighted by Crippen LogP contribution is 2.20. The van der Waals surface area contributed by atoms with Crippen LogP contribution in [0.25, 0.3) is 10.9 Å². The van der Waals surface area contributed by atoms with E-state index in [2.05, 4.69) is 10.3 Å². The van der Waals surface area contributed by atoms with E-state index in [0.717, 1.165) is 33.6 Å². The number of hydrogen-bond acceptors (Lipinski definition) is 3. The summed E-state index contributed by atoms with van der Waals surface area (Å²) in [5, 5.41) is 3.66. The Kier molecular flexibility index (Phi) is 5.71. The van der Waals surface area contributed by atoms with Crippen molar-refractivity contribution in [2.45, 2.75) is 33.4 Å².